The first kappa shape index (κ1) is 16.4. The lowest BCUT2D eigenvalue weighted by atomic mass is 10.2. The van der Waals surface area contributed by atoms with E-state index in [1.807, 2.05) is 0 Å². The second kappa shape index (κ2) is 5.78. The number of sulfonamides is 1. The van der Waals surface area contributed by atoms with Crippen LogP contribution in [-0.4, -0.2) is 35.4 Å². The molecule has 0 aliphatic heterocycles. The van der Waals surface area contributed by atoms with Crippen LogP contribution in [0.3, 0.4) is 0 Å². The molecule has 19 heavy (non-hydrogen) atoms. The summed E-state index contributed by atoms with van der Waals surface area (Å²) in [6.07, 6.45) is 1.05. The van der Waals surface area contributed by atoms with E-state index in [-0.39, 0.29) is 17.2 Å². The molecule has 0 unspecified atom stereocenters. The van der Waals surface area contributed by atoms with Gasteiger partial charge in [-0.15, -0.1) is 0 Å². The van der Waals surface area contributed by atoms with Crippen molar-refractivity contribution in [2.75, 3.05) is 24.3 Å². The zero-order valence-corrected chi connectivity index (χ0v) is 13.7. The summed E-state index contributed by atoms with van der Waals surface area (Å²) in [6, 6.07) is 2.93. The summed E-state index contributed by atoms with van der Waals surface area (Å²) in [5, 5.41) is 0. The Morgan fingerprint density at radius 2 is 1.84 bits per heavy atom. The number of sulfone groups is 1. The Morgan fingerprint density at radius 1 is 1.26 bits per heavy atom. The summed E-state index contributed by atoms with van der Waals surface area (Å²) in [5.74, 6) is -0.253. The Balaban J connectivity index is 2.98. The summed E-state index contributed by atoms with van der Waals surface area (Å²) in [5.41, 5.74) is 6.47. The van der Waals surface area contributed by atoms with Gasteiger partial charge in [0.1, 0.15) is 9.84 Å². The third-order valence-corrected chi connectivity index (χ3v) is 5.58. The Kier molecular flexibility index (Phi) is 4.99. The van der Waals surface area contributed by atoms with Crippen LogP contribution in [0, 0.1) is 6.92 Å². The first-order chi connectivity index (χ1) is 8.53. The van der Waals surface area contributed by atoms with Crippen molar-refractivity contribution in [1.82, 2.24) is 4.72 Å². The number of aryl methyl sites for hydroxylation is 1. The zero-order chi connectivity index (χ0) is 14.8. The minimum Gasteiger partial charge on any atom is -0.398 e. The lowest BCUT2D eigenvalue weighted by Crippen LogP contribution is -2.29. The van der Waals surface area contributed by atoms with Gasteiger partial charge in [-0.05, 0) is 40.5 Å². The van der Waals surface area contributed by atoms with E-state index in [1.165, 1.54) is 6.07 Å². The van der Waals surface area contributed by atoms with Crippen molar-refractivity contribution < 1.29 is 16.8 Å². The molecule has 0 bridgehead atoms. The van der Waals surface area contributed by atoms with E-state index >= 15 is 0 Å². The van der Waals surface area contributed by atoms with Crippen molar-refractivity contribution in [1.29, 1.82) is 0 Å². The molecule has 0 heterocycles. The molecule has 0 aliphatic carbocycles. The Labute approximate surface area is 121 Å². The Morgan fingerprint density at radius 3 is 2.37 bits per heavy atom. The number of benzene rings is 1. The predicted molar refractivity (Wildman–Crippen MR) is 78.2 cm³/mol. The third-order valence-electron chi connectivity index (χ3n) is 2.35. The highest BCUT2D eigenvalue weighted by molar-refractivity contribution is 9.10. The molecule has 0 atom stereocenters. The standard InChI is InChI=1S/C10H15BrN2O4S2/c1-7-5-8(11)9(12)6-10(7)19(16,17)13-3-4-18(2,14)15/h5-6,13H,3-4,12H2,1-2H3. The van der Waals surface area contributed by atoms with Gasteiger partial charge >= 0.3 is 0 Å². The summed E-state index contributed by atoms with van der Waals surface area (Å²) in [7, 11) is -6.98. The maximum atomic E-state index is 12.0. The molecule has 1 aromatic carbocycles. The highest BCUT2D eigenvalue weighted by atomic mass is 79.9. The van der Waals surface area contributed by atoms with E-state index < -0.39 is 19.9 Å². The molecule has 0 saturated heterocycles. The molecular formula is C10H15BrN2O4S2. The van der Waals surface area contributed by atoms with Crippen LogP contribution >= 0.6 is 15.9 Å². The van der Waals surface area contributed by atoms with Gasteiger partial charge in [-0.25, -0.2) is 21.6 Å². The molecule has 0 radical (unpaired) electrons. The molecule has 0 amide bonds. The van der Waals surface area contributed by atoms with Crippen LogP contribution in [0.25, 0.3) is 0 Å². The topological polar surface area (TPSA) is 106 Å². The SMILES string of the molecule is Cc1cc(Br)c(N)cc1S(=O)(=O)NCCS(C)(=O)=O. The first-order valence-electron chi connectivity index (χ1n) is 5.26. The average molecular weight is 371 g/mol. The van der Waals surface area contributed by atoms with Crippen molar-refractivity contribution in [3.8, 4) is 0 Å². The minimum atomic E-state index is -3.77. The van der Waals surface area contributed by atoms with Crippen LogP contribution in [0.5, 0.6) is 0 Å². The smallest absolute Gasteiger partial charge is 0.240 e. The van der Waals surface area contributed by atoms with Gasteiger partial charge in [0.05, 0.1) is 10.6 Å². The monoisotopic (exact) mass is 370 g/mol. The molecule has 108 valence electrons. The molecule has 3 N–H and O–H groups in total. The summed E-state index contributed by atoms with van der Waals surface area (Å²) >= 11 is 3.21. The molecule has 0 aromatic heterocycles. The van der Waals surface area contributed by atoms with Gasteiger partial charge < -0.3 is 5.73 Å². The fraction of sp³-hybridized carbons (Fsp3) is 0.400. The highest BCUT2D eigenvalue weighted by Crippen LogP contribution is 2.26. The first-order valence-corrected chi connectivity index (χ1v) is 9.59. The van der Waals surface area contributed by atoms with E-state index in [9.17, 15) is 16.8 Å². The predicted octanol–water partition coefficient (Wildman–Crippen LogP) is 0.663. The zero-order valence-electron chi connectivity index (χ0n) is 10.5. The van der Waals surface area contributed by atoms with Gasteiger partial charge in [0, 0.05) is 23.0 Å². The van der Waals surface area contributed by atoms with Crippen molar-refractivity contribution >= 4 is 41.5 Å². The van der Waals surface area contributed by atoms with Crippen molar-refractivity contribution in [2.45, 2.75) is 11.8 Å². The molecule has 0 fully saturated rings. The highest BCUT2D eigenvalue weighted by Gasteiger charge is 2.18. The van der Waals surface area contributed by atoms with E-state index in [0.29, 0.717) is 15.7 Å². The van der Waals surface area contributed by atoms with Crippen LogP contribution in [0.4, 0.5) is 5.69 Å². The number of nitrogens with one attached hydrogen (secondary N) is 1. The molecule has 1 aromatic rings. The van der Waals surface area contributed by atoms with Gasteiger partial charge in [-0.3, -0.25) is 0 Å². The molecule has 0 spiro atoms. The Hall–Kier alpha value is -0.640. The van der Waals surface area contributed by atoms with Crippen LogP contribution in [0.2, 0.25) is 0 Å². The molecule has 0 saturated carbocycles. The molecule has 9 heteroatoms. The lowest BCUT2D eigenvalue weighted by molar-refractivity contribution is 0.581. The Bertz CT molecular complexity index is 684. The summed E-state index contributed by atoms with van der Waals surface area (Å²) < 4.78 is 48.8. The number of nitrogens with two attached hydrogens (primary N) is 1. The summed E-state index contributed by atoms with van der Waals surface area (Å²) in [6.45, 7) is 1.46. The second-order valence-corrected chi connectivity index (χ2v) is 9.02. The van der Waals surface area contributed by atoms with Gasteiger partial charge in [0.25, 0.3) is 0 Å². The number of halogens is 1. The van der Waals surface area contributed by atoms with E-state index in [1.54, 1.807) is 13.0 Å². The molecular weight excluding hydrogens is 356 g/mol. The lowest BCUT2D eigenvalue weighted by Gasteiger charge is -2.10. The maximum Gasteiger partial charge on any atom is 0.240 e. The van der Waals surface area contributed by atoms with E-state index in [0.717, 1.165) is 6.26 Å². The molecule has 6 nitrogen and oxygen atoms in total. The number of hydrogen-bond donors (Lipinski definition) is 2. The molecule has 1 rings (SSSR count). The second-order valence-electron chi connectivity index (χ2n) is 4.17. The van der Waals surface area contributed by atoms with Gasteiger partial charge in [-0.2, -0.15) is 0 Å². The van der Waals surface area contributed by atoms with Crippen molar-refractivity contribution in [3.63, 3.8) is 0 Å². The maximum absolute atomic E-state index is 12.0. The third kappa shape index (κ3) is 4.75. The summed E-state index contributed by atoms with van der Waals surface area (Å²) in [4.78, 5) is 0.0432. The van der Waals surface area contributed by atoms with Crippen molar-refractivity contribution in [3.05, 3.63) is 22.2 Å². The minimum absolute atomic E-state index is 0.0432. The quantitative estimate of drug-likeness (QED) is 0.740. The molecule has 0 aliphatic rings. The number of hydrogen-bond acceptors (Lipinski definition) is 5. The van der Waals surface area contributed by atoms with Gasteiger partial charge in [-0.1, -0.05) is 0 Å². The van der Waals surface area contributed by atoms with Crippen LogP contribution in [0.15, 0.2) is 21.5 Å². The average Bonchev–Trinajstić information content (AvgIpc) is 2.20. The fourth-order valence-electron chi connectivity index (χ4n) is 1.40. The van der Waals surface area contributed by atoms with Crippen molar-refractivity contribution in [2.24, 2.45) is 0 Å². The van der Waals surface area contributed by atoms with Crippen LogP contribution < -0.4 is 10.5 Å². The number of anilines is 1. The van der Waals surface area contributed by atoms with Gasteiger partial charge in [0.15, 0.2) is 0 Å². The normalized spacial score (nSPS) is 12.6. The van der Waals surface area contributed by atoms with Crippen LogP contribution in [-0.2, 0) is 19.9 Å². The van der Waals surface area contributed by atoms with Gasteiger partial charge in [0.2, 0.25) is 10.0 Å². The van der Waals surface area contributed by atoms with E-state index in [4.69, 9.17) is 5.73 Å². The number of rotatable bonds is 5. The largest absolute Gasteiger partial charge is 0.398 e. The number of nitrogen functional groups attached to an aromatic ring is 1. The fourth-order valence-corrected chi connectivity index (χ4v) is 3.75. The van der Waals surface area contributed by atoms with E-state index in [2.05, 4.69) is 20.7 Å². The van der Waals surface area contributed by atoms with Crippen LogP contribution in [0.1, 0.15) is 5.56 Å².